The molecule has 6 heteroatoms. The van der Waals surface area contributed by atoms with Gasteiger partial charge in [0, 0.05) is 35.0 Å². The van der Waals surface area contributed by atoms with Crippen molar-refractivity contribution in [2.75, 3.05) is 0 Å². The summed E-state index contributed by atoms with van der Waals surface area (Å²) in [6.07, 6.45) is 5.98. The first-order valence-electron chi connectivity index (χ1n) is 17.0. The number of ether oxygens (including phenoxy) is 1. The summed E-state index contributed by atoms with van der Waals surface area (Å²) in [7, 11) is 0. The largest absolute Gasteiger partial charge is 2.00 e. The Hall–Kier alpha value is -4.47. The third-order valence-electron chi connectivity index (χ3n) is 9.22. The van der Waals surface area contributed by atoms with Gasteiger partial charge < -0.3 is 9.30 Å². The average Bonchev–Trinajstić information content (AvgIpc) is 3.62. The van der Waals surface area contributed by atoms with Crippen LogP contribution in [0.25, 0.3) is 44.4 Å². The van der Waals surface area contributed by atoms with Crippen LogP contribution in [0.4, 0.5) is 0 Å². The second-order valence-electron chi connectivity index (χ2n) is 15.4. The van der Waals surface area contributed by atoms with E-state index in [0.717, 1.165) is 50.0 Å². The SMILES string of the molecule is Cc1cc(Oc2[c-]c3c(cc2)c2ccccc2n3-c2cc(C)ccn2)[c-]c(-n2cc(-c3c(C(C)(C)C)c(C)cc(C)c3C(C)(C)C)cn2)c1.[Pt+2]. The quantitative estimate of drug-likeness (QED) is 0.162. The Labute approximate surface area is 310 Å². The van der Waals surface area contributed by atoms with Gasteiger partial charge in [0.1, 0.15) is 5.82 Å². The Balaban J connectivity index is 0.00000432. The van der Waals surface area contributed by atoms with Gasteiger partial charge >= 0.3 is 21.1 Å². The fourth-order valence-electron chi connectivity index (χ4n) is 7.57. The Morgan fingerprint density at radius 1 is 0.700 bits per heavy atom. The number of nitrogens with zero attached hydrogens (tertiary/aromatic N) is 4. The molecule has 0 saturated heterocycles. The first-order valence-corrected chi connectivity index (χ1v) is 17.0. The average molecular weight is 840 g/mol. The smallest absolute Gasteiger partial charge is 0.509 e. The minimum Gasteiger partial charge on any atom is -0.509 e. The molecule has 7 rings (SSSR count). The van der Waals surface area contributed by atoms with Crippen molar-refractivity contribution in [3.8, 4) is 34.1 Å². The molecule has 7 aromatic rings. The molecule has 0 saturated carbocycles. The molecule has 0 aliphatic heterocycles. The second kappa shape index (κ2) is 13.0. The van der Waals surface area contributed by atoms with Crippen LogP contribution in [0.15, 0.2) is 85.3 Å². The summed E-state index contributed by atoms with van der Waals surface area (Å²) in [5, 5.41) is 7.13. The number of aryl methyl sites for hydroxylation is 4. The van der Waals surface area contributed by atoms with E-state index in [1.807, 2.05) is 35.3 Å². The van der Waals surface area contributed by atoms with Gasteiger partial charge in [0.05, 0.1) is 6.20 Å². The van der Waals surface area contributed by atoms with Crippen molar-refractivity contribution in [1.29, 1.82) is 0 Å². The number of hydrogen-bond donors (Lipinski definition) is 0. The molecule has 5 nitrogen and oxygen atoms in total. The molecule has 4 aromatic carbocycles. The predicted octanol–water partition coefficient (Wildman–Crippen LogP) is 11.3. The van der Waals surface area contributed by atoms with Crippen LogP contribution < -0.4 is 4.74 Å². The van der Waals surface area contributed by atoms with E-state index >= 15 is 0 Å². The molecule has 3 heterocycles. The molecular formula is C44H44N4OPt. The van der Waals surface area contributed by atoms with Crippen LogP contribution in [0.2, 0.25) is 0 Å². The van der Waals surface area contributed by atoms with E-state index in [9.17, 15) is 0 Å². The Bertz CT molecular complexity index is 2340. The molecule has 0 fully saturated rings. The molecule has 0 aliphatic carbocycles. The van der Waals surface area contributed by atoms with Crippen LogP contribution in [0, 0.1) is 39.8 Å². The number of aromatic nitrogens is 4. The van der Waals surface area contributed by atoms with Gasteiger partial charge in [-0.25, -0.2) is 4.98 Å². The van der Waals surface area contributed by atoms with Crippen molar-refractivity contribution < 1.29 is 25.8 Å². The van der Waals surface area contributed by atoms with Gasteiger partial charge in [-0.15, -0.1) is 35.7 Å². The molecule has 0 N–H and O–H groups in total. The van der Waals surface area contributed by atoms with Crippen LogP contribution in [-0.4, -0.2) is 19.3 Å². The third kappa shape index (κ3) is 6.44. The zero-order valence-corrected chi connectivity index (χ0v) is 32.9. The Morgan fingerprint density at radius 3 is 2.08 bits per heavy atom. The number of fused-ring (bicyclic) bond motifs is 3. The summed E-state index contributed by atoms with van der Waals surface area (Å²) < 4.78 is 10.6. The molecule has 0 atom stereocenters. The van der Waals surface area contributed by atoms with E-state index in [0.29, 0.717) is 11.5 Å². The number of benzene rings is 4. The molecule has 3 aromatic heterocycles. The van der Waals surface area contributed by atoms with Crippen LogP contribution in [0.5, 0.6) is 11.5 Å². The topological polar surface area (TPSA) is 44.9 Å². The molecule has 0 radical (unpaired) electrons. The third-order valence-corrected chi connectivity index (χ3v) is 9.22. The monoisotopic (exact) mass is 839 g/mol. The van der Waals surface area contributed by atoms with E-state index in [-0.39, 0.29) is 31.9 Å². The second-order valence-corrected chi connectivity index (χ2v) is 15.4. The van der Waals surface area contributed by atoms with Crippen molar-refractivity contribution in [3.63, 3.8) is 0 Å². The van der Waals surface area contributed by atoms with Crippen LogP contribution >= 0.6 is 0 Å². The summed E-state index contributed by atoms with van der Waals surface area (Å²) in [6, 6.07) is 30.1. The van der Waals surface area contributed by atoms with Gasteiger partial charge in [0.25, 0.3) is 0 Å². The molecule has 50 heavy (non-hydrogen) atoms. The van der Waals surface area contributed by atoms with E-state index in [4.69, 9.17) is 14.8 Å². The first-order chi connectivity index (χ1) is 23.2. The number of hydrogen-bond acceptors (Lipinski definition) is 3. The molecule has 0 bridgehead atoms. The fraction of sp³-hybridized carbons (Fsp3) is 0.273. The molecular weight excluding hydrogens is 796 g/mol. The predicted molar refractivity (Wildman–Crippen MR) is 202 cm³/mol. The van der Waals surface area contributed by atoms with Crippen molar-refractivity contribution in [1.82, 2.24) is 19.3 Å². The van der Waals surface area contributed by atoms with Gasteiger partial charge in [-0.1, -0.05) is 78.2 Å². The zero-order chi connectivity index (χ0) is 34.8. The Morgan fingerprint density at radius 2 is 1.40 bits per heavy atom. The Kier molecular flexibility index (Phi) is 9.20. The molecule has 0 aliphatic rings. The summed E-state index contributed by atoms with van der Waals surface area (Å²) in [5.41, 5.74) is 12.7. The maximum absolute atomic E-state index is 6.50. The molecule has 256 valence electrons. The van der Waals surface area contributed by atoms with E-state index in [1.165, 1.54) is 27.8 Å². The van der Waals surface area contributed by atoms with E-state index in [2.05, 4.69) is 141 Å². The maximum atomic E-state index is 6.50. The number of rotatable bonds is 5. The van der Waals surface area contributed by atoms with Crippen molar-refractivity contribution >= 4 is 21.8 Å². The van der Waals surface area contributed by atoms with Crippen LogP contribution in [0.1, 0.15) is 74.9 Å². The van der Waals surface area contributed by atoms with Gasteiger partial charge in [0.15, 0.2) is 0 Å². The van der Waals surface area contributed by atoms with E-state index < -0.39 is 0 Å². The van der Waals surface area contributed by atoms with Gasteiger partial charge in [0.2, 0.25) is 0 Å². The van der Waals surface area contributed by atoms with Gasteiger partial charge in [-0.2, -0.15) is 16.7 Å². The minimum absolute atomic E-state index is 0. The summed E-state index contributed by atoms with van der Waals surface area (Å²) >= 11 is 0. The summed E-state index contributed by atoms with van der Waals surface area (Å²) in [6.45, 7) is 22.4. The molecule has 0 unspecified atom stereocenters. The fourth-order valence-corrected chi connectivity index (χ4v) is 7.57. The van der Waals surface area contributed by atoms with E-state index in [1.54, 1.807) is 0 Å². The van der Waals surface area contributed by atoms with Gasteiger partial charge in [-0.05, 0) is 94.3 Å². The normalized spacial score (nSPS) is 12.0. The standard InChI is InChI=1S/C44H44N4O.Pt/c1-27-17-18-45-39(21-27)48-37-14-12-11-13-35(37)36-16-15-33(24-38(36)48)49-34-20-28(2)19-32(23-34)47-26-31(25-46-47)40-41(43(5,6)7)29(3)22-30(4)42(40)44(8,9)10;/h11-22,25-26H,1-10H3;/q-2;+2. The van der Waals surface area contributed by atoms with Crippen LogP contribution in [-0.2, 0) is 31.9 Å². The van der Waals surface area contributed by atoms with Crippen molar-refractivity contribution in [2.24, 2.45) is 0 Å². The maximum Gasteiger partial charge on any atom is 2.00 e. The summed E-state index contributed by atoms with van der Waals surface area (Å²) in [4.78, 5) is 4.71. The molecule has 0 spiro atoms. The van der Waals surface area contributed by atoms with Crippen LogP contribution in [0.3, 0.4) is 0 Å². The van der Waals surface area contributed by atoms with Crippen molar-refractivity contribution in [2.45, 2.75) is 80.1 Å². The summed E-state index contributed by atoms with van der Waals surface area (Å²) in [5.74, 6) is 2.07. The first kappa shape index (κ1) is 35.4. The minimum atomic E-state index is -0.0373. The zero-order valence-electron chi connectivity index (χ0n) is 30.6. The van der Waals surface area contributed by atoms with Gasteiger partial charge in [-0.3, -0.25) is 4.68 Å². The number of pyridine rings is 1. The van der Waals surface area contributed by atoms with Crippen molar-refractivity contribution in [3.05, 3.63) is 131 Å². The number of para-hydroxylation sites is 1. The molecule has 0 amide bonds.